The van der Waals surface area contributed by atoms with Crippen LogP contribution >= 0.6 is 0 Å². The Kier molecular flexibility index (Phi) is 4.20. The zero-order chi connectivity index (χ0) is 16.3. The van der Waals surface area contributed by atoms with Gasteiger partial charge in [0.25, 0.3) is 0 Å². The van der Waals surface area contributed by atoms with Crippen LogP contribution in [-0.4, -0.2) is 0 Å². The Hall–Kier alpha value is -2.54. The molecule has 116 valence electrons. The van der Waals surface area contributed by atoms with Crippen LogP contribution in [0.2, 0.25) is 0 Å². The van der Waals surface area contributed by atoms with Gasteiger partial charge in [-0.25, -0.2) is 0 Å². The summed E-state index contributed by atoms with van der Waals surface area (Å²) in [6.07, 6.45) is 0. The molecule has 0 aliphatic heterocycles. The number of ether oxygens (including phenoxy) is 1. The van der Waals surface area contributed by atoms with Crippen LogP contribution in [0, 0.1) is 0 Å². The van der Waals surface area contributed by atoms with Gasteiger partial charge in [-0.05, 0) is 40.8 Å². The fourth-order valence-corrected chi connectivity index (χ4v) is 2.54. The SMILES string of the molecule is CC(C)(C)c1ccc(Oc2ccccc2)c(-c2ccccc2)c1. The Morgan fingerprint density at radius 1 is 0.696 bits per heavy atom. The molecule has 0 spiro atoms. The summed E-state index contributed by atoms with van der Waals surface area (Å²) < 4.78 is 6.13. The van der Waals surface area contributed by atoms with Crippen molar-refractivity contribution in [3.8, 4) is 22.6 Å². The molecule has 0 saturated carbocycles. The molecule has 1 heteroatoms. The van der Waals surface area contributed by atoms with Gasteiger partial charge in [-0.15, -0.1) is 0 Å². The average molecular weight is 302 g/mol. The van der Waals surface area contributed by atoms with Crippen LogP contribution in [0.15, 0.2) is 78.9 Å². The molecule has 0 atom stereocenters. The molecule has 0 aliphatic carbocycles. The van der Waals surface area contributed by atoms with Crippen molar-refractivity contribution in [2.75, 3.05) is 0 Å². The molecular weight excluding hydrogens is 280 g/mol. The molecule has 0 unspecified atom stereocenters. The van der Waals surface area contributed by atoms with E-state index >= 15 is 0 Å². The third kappa shape index (κ3) is 3.62. The van der Waals surface area contributed by atoms with Crippen molar-refractivity contribution in [1.82, 2.24) is 0 Å². The first-order valence-electron chi connectivity index (χ1n) is 7.97. The van der Waals surface area contributed by atoms with Gasteiger partial charge in [0.05, 0.1) is 0 Å². The third-order valence-electron chi connectivity index (χ3n) is 3.90. The predicted octanol–water partition coefficient (Wildman–Crippen LogP) is 6.44. The summed E-state index contributed by atoms with van der Waals surface area (Å²) in [5.74, 6) is 1.74. The van der Waals surface area contributed by atoms with E-state index in [1.807, 2.05) is 36.4 Å². The molecule has 0 radical (unpaired) electrons. The van der Waals surface area contributed by atoms with E-state index in [1.165, 1.54) is 11.1 Å². The van der Waals surface area contributed by atoms with E-state index in [0.29, 0.717) is 0 Å². The highest BCUT2D eigenvalue weighted by Gasteiger charge is 2.17. The van der Waals surface area contributed by atoms with E-state index in [0.717, 1.165) is 17.1 Å². The van der Waals surface area contributed by atoms with E-state index in [2.05, 4.69) is 63.2 Å². The van der Waals surface area contributed by atoms with Crippen molar-refractivity contribution in [3.63, 3.8) is 0 Å². The van der Waals surface area contributed by atoms with Crippen molar-refractivity contribution in [1.29, 1.82) is 0 Å². The van der Waals surface area contributed by atoms with Gasteiger partial charge in [0, 0.05) is 5.56 Å². The molecule has 0 N–H and O–H groups in total. The topological polar surface area (TPSA) is 9.23 Å². The Balaban J connectivity index is 2.08. The van der Waals surface area contributed by atoms with Crippen LogP contribution in [0.1, 0.15) is 26.3 Å². The molecule has 0 fully saturated rings. The van der Waals surface area contributed by atoms with E-state index in [-0.39, 0.29) is 5.41 Å². The molecular formula is C22H22O. The van der Waals surface area contributed by atoms with Gasteiger partial charge in [-0.1, -0.05) is 75.4 Å². The number of hydrogen-bond acceptors (Lipinski definition) is 1. The number of benzene rings is 3. The Morgan fingerprint density at radius 2 is 1.30 bits per heavy atom. The lowest BCUT2D eigenvalue weighted by Gasteiger charge is -2.21. The fourth-order valence-electron chi connectivity index (χ4n) is 2.54. The van der Waals surface area contributed by atoms with Crippen molar-refractivity contribution in [3.05, 3.63) is 84.4 Å². The minimum atomic E-state index is 0.106. The first-order valence-corrected chi connectivity index (χ1v) is 7.97. The Morgan fingerprint density at radius 3 is 1.91 bits per heavy atom. The van der Waals surface area contributed by atoms with E-state index in [1.54, 1.807) is 0 Å². The summed E-state index contributed by atoms with van der Waals surface area (Å²) in [5.41, 5.74) is 3.71. The van der Waals surface area contributed by atoms with Gasteiger partial charge in [-0.2, -0.15) is 0 Å². The molecule has 0 bridgehead atoms. The molecule has 1 nitrogen and oxygen atoms in total. The second-order valence-corrected chi connectivity index (χ2v) is 6.74. The molecule has 3 aromatic rings. The maximum Gasteiger partial charge on any atom is 0.135 e. The largest absolute Gasteiger partial charge is 0.457 e. The first-order chi connectivity index (χ1) is 11.0. The molecule has 0 amide bonds. The van der Waals surface area contributed by atoms with Crippen molar-refractivity contribution in [2.24, 2.45) is 0 Å². The van der Waals surface area contributed by atoms with Gasteiger partial charge in [0.2, 0.25) is 0 Å². The predicted molar refractivity (Wildman–Crippen MR) is 97.1 cm³/mol. The summed E-state index contributed by atoms with van der Waals surface area (Å²) in [6, 6.07) is 26.8. The third-order valence-corrected chi connectivity index (χ3v) is 3.90. The van der Waals surface area contributed by atoms with Crippen molar-refractivity contribution >= 4 is 0 Å². The van der Waals surface area contributed by atoms with Gasteiger partial charge < -0.3 is 4.74 Å². The quantitative estimate of drug-likeness (QED) is 0.540. The number of para-hydroxylation sites is 1. The average Bonchev–Trinajstić information content (AvgIpc) is 2.56. The standard InChI is InChI=1S/C22H22O/c1-22(2,3)18-14-15-21(23-19-12-8-5-9-13-19)20(16-18)17-10-6-4-7-11-17/h4-16H,1-3H3. The molecule has 0 heterocycles. The van der Waals surface area contributed by atoms with Crippen LogP contribution in [0.3, 0.4) is 0 Å². The zero-order valence-electron chi connectivity index (χ0n) is 13.9. The fraction of sp³-hybridized carbons (Fsp3) is 0.182. The van der Waals surface area contributed by atoms with E-state index in [9.17, 15) is 0 Å². The highest BCUT2D eigenvalue weighted by Crippen LogP contribution is 2.36. The lowest BCUT2D eigenvalue weighted by molar-refractivity contribution is 0.483. The van der Waals surface area contributed by atoms with Gasteiger partial charge in [-0.3, -0.25) is 0 Å². The van der Waals surface area contributed by atoms with Gasteiger partial charge in [0.15, 0.2) is 0 Å². The van der Waals surface area contributed by atoms with Gasteiger partial charge >= 0.3 is 0 Å². The molecule has 3 aromatic carbocycles. The van der Waals surface area contributed by atoms with Crippen LogP contribution in [0.4, 0.5) is 0 Å². The monoisotopic (exact) mass is 302 g/mol. The summed E-state index contributed by atoms with van der Waals surface area (Å²) in [6.45, 7) is 6.69. The minimum absolute atomic E-state index is 0.106. The first kappa shape index (κ1) is 15.4. The normalized spacial score (nSPS) is 11.3. The highest BCUT2D eigenvalue weighted by atomic mass is 16.5. The lowest BCUT2D eigenvalue weighted by Crippen LogP contribution is -2.11. The maximum absolute atomic E-state index is 6.13. The summed E-state index contributed by atoms with van der Waals surface area (Å²) >= 11 is 0. The second-order valence-electron chi connectivity index (χ2n) is 6.74. The van der Waals surface area contributed by atoms with Crippen LogP contribution in [0.25, 0.3) is 11.1 Å². The second kappa shape index (κ2) is 6.29. The van der Waals surface area contributed by atoms with E-state index in [4.69, 9.17) is 4.74 Å². The summed E-state index contributed by atoms with van der Waals surface area (Å²) in [5, 5.41) is 0. The Bertz CT molecular complexity index is 768. The lowest BCUT2D eigenvalue weighted by atomic mass is 9.85. The number of hydrogen-bond donors (Lipinski definition) is 0. The van der Waals surface area contributed by atoms with Crippen molar-refractivity contribution in [2.45, 2.75) is 26.2 Å². The van der Waals surface area contributed by atoms with Crippen molar-refractivity contribution < 1.29 is 4.74 Å². The smallest absolute Gasteiger partial charge is 0.135 e. The number of rotatable bonds is 3. The maximum atomic E-state index is 6.13. The molecule has 0 aromatic heterocycles. The Labute approximate surface area is 138 Å². The van der Waals surface area contributed by atoms with Gasteiger partial charge in [0.1, 0.15) is 11.5 Å². The van der Waals surface area contributed by atoms with Crippen LogP contribution < -0.4 is 4.74 Å². The molecule has 3 rings (SSSR count). The molecule has 0 saturated heterocycles. The van der Waals surface area contributed by atoms with E-state index < -0.39 is 0 Å². The molecule has 0 aliphatic rings. The summed E-state index contributed by atoms with van der Waals surface area (Å²) in [7, 11) is 0. The summed E-state index contributed by atoms with van der Waals surface area (Å²) in [4.78, 5) is 0. The molecule has 23 heavy (non-hydrogen) atoms. The highest BCUT2D eigenvalue weighted by molar-refractivity contribution is 5.72. The minimum Gasteiger partial charge on any atom is -0.457 e. The zero-order valence-corrected chi connectivity index (χ0v) is 13.9. The van der Waals surface area contributed by atoms with Crippen LogP contribution in [0.5, 0.6) is 11.5 Å². The van der Waals surface area contributed by atoms with Crippen LogP contribution in [-0.2, 0) is 5.41 Å².